The molecular formula is C18H19FN2O4S. The summed E-state index contributed by atoms with van der Waals surface area (Å²) >= 11 is 0. The first-order valence-electron chi connectivity index (χ1n) is 8.15. The molecule has 0 unspecified atom stereocenters. The lowest BCUT2D eigenvalue weighted by Crippen LogP contribution is -2.43. The maximum absolute atomic E-state index is 13.1. The Morgan fingerprint density at radius 2 is 1.88 bits per heavy atom. The number of rotatable bonds is 5. The van der Waals surface area contributed by atoms with Gasteiger partial charge in [-0.15, -0.1) is 0 Å². The molecule has 1 saturated heterocycles. The van der Waals surface area contributed by atoms with Crippen molar-refractivity contribution in [3.05, 3.63) is 54.3 Å². The van der Waals surface area contributed by atoms with E-state index in [4.69, 9.17) is 4.74 Å². The smallest absolute Gasteiger partial charge is 0.243 e. The van der Waals surface area contributed by atoms with Crippen LogP contribution in [0.2, 0.25) is 0 Å². The van der Waals surface area contributed by atoms with Crippen LogP contribution >= 0.6 is 0 Å². The molecule has 138 valence electrons. The van der Waals surface area contributed by atoms with Gasteiger partial charge >= 0.3 is 0 Å². The van der Waals surface area contributed by atoms with Crippen LogP contribution in [0.1, 0.15) is 12.8 Å². The Morgan fingerprint density at radius 1 is 1.19 bits per heavy atom. The molecule has 1 aliphatic rings. The summed E-state index contributed by atoms with van der Waals surface area (Å²) < 4.78 is 45.1. The molecule has 26 heavy (non-hydrogen) atoms. The largest absolute Gasteiger partial charge is 0.495 e. The van der Waals surface area contributed by atoms with Gasteiger partial charge in [0.15, 0.2) is 0 Å². The van der Waals surface area contributed by atoms with Crippen molar-refractivity contribution in [2.75, 3.05) is 19.0 Å². The van der Waals surface area contributed by atoms with Crippen molar-refractivity contribution in [2.24, 2.45) is 0 Å². The quantitative estimate of drug-likeness (QED) is 0.868. The number of nitrogens with zero attached hydrogens (tertiary/aromatic N) is 1. The molecule has 0 aromatic heterocycles. The van der Waals surface area contributed by atoms with Crippen molar-refractivity contribution >= 4 is 21.6 Å². The number of anilines is 1. The first-order chi connectivity index (χ1) is 12.4. The number of carbonyl (C=O) groups excluding carboxylic acids is 1. The summed E-state index contributed by atoms with van der Waals surface area (Å²) in [7, 11) is -2.39. The van der Waals surface area contributed by atoms with Gasteiger partial charge in [-0.1, -0.05) is 12.1 Å². The zero-order valence-corrected chi connectivity index (χ0v) is 15.0. The van der Waals surface area contributed by atoms with E-state index >= 15 is 0 Å². The predicted octanol–water partition coefficient (Wildman–Crippen LogP) is 2.63. The fourth-order valence-corrected chi connectivity index (χ4v) is 4.65. The van der Waals surface area contributed by atoms with Crippen molar-refractivity contribution in [3.8, 4) is 5.75 Å². The van der Waals surface area contributed by atoms with Gasteiger partial charge in [0.25, 0.3) is 0 Å². The minimum atomic E-state index is -3.88. The summed E-state index contributed by atoms with van der Waals surface area (Å²) in [4.78, 5) is 12.7. The lowest BCUT2D eigenvalue weighted by Gasteiger charge is -2.23. The van der Waals surface area contributed by atoms with E-state index in [0.717, 1.165) is 12.1 Å². The van der Waals surface area contributed by atoms with Crippen molar-refractivity contribution < 1.29 is 22.3 Å². The standard InChI is InChI=1S/C18H19FN2O4S/c1-25-17-7-3-2-5-15(17)20-18(22)16-6-4-12-21(16)26(23,24)14-10-8-13(19)9-11-14/h2-3,5,7-11,16H,4,6,12H2,1H3,(H,20,22)/t16-/m0/s1. The van der Waals surface area contributed by atoms with E-state index in [1.165, 1.54) is 23.5 Å². The minimum absolute atomic E-state index is 0.0316. The molecule has 3 rings (SSSR count). The van der Waals surface area contributed by atoms with Crippen LogP contribution in [0.15, 0.2) is 53.4 Å². The maximum Gasteiger partial charge on any atom is 0.243 e. The van der Waals surface area contributed by atoms with E-state index in [0.29, 0.717) is 24.3 Å². The van der Waals surface area contributed by atoms with Gasteiger partial charge in [0.05, 0.1) is 17.7 Å². The summed E-state index contributed by atoms with van der Waals surface area (Å²) in [6.45, 7) is 0.240. The van der Waals surface area contributed by atoms with Crippen LogP contribution in [-0.4, -0.2) is 38.3 Å². The van der Waals surface area contributed by atoms with Crippen molar-refractivity contribution in [3.63, 3.8) is 0 Å². The molecule has 6 nitrogen and oxygen atoms in total. The number of para-hydroxylation sites is 2. The van der Waals surface area contributed by atoms with Crippen LogP contribution in [0.5, 0.6) is 5.75 Å². The first-order valence-corrected chi connectivity index (χ1v) is 9.59. The second-order valence-corrected chi connectivity index (χ2v) is 7.81. The highest BCUT2D eigenvalue weighted by Gasteiger charge is 2.39. The average Bonchev–Trinajstić information content (AvgIpc) is 3.13. The molecular weight excluding hydrogens is 359 g/mol. The van der Waals surface area contributed by atoms with E-state index in [2.05, 4.69) is 5.32 Å². The highest BCUT2D eigenvalue weighted by molar-refractivity contribution is 7.89. The molecule has 0 radical (unpaired) electrons. The number of hydrogen-bond donors (Lipinski definition) is 1. The van der Waals surface area contributed by atoms with E-state index in [1.54, 1.807) is 24.3 Å². The Bertz CT molecular complexity index is 900. The Balaban J connectivity index is 1.83. The van der Waals surface area contributed by atoms with Gasteiger partial charge in [0, 0.05) is 6.54 Å². The van der Waals surface area contributed by atoms with Crippen LogP contribution in [0.3, 0.4) is 0 Å². The number of hydrogen-bond acceptors (Lipinski definition) is 4. The van der Waals surface area contributed by atoms with Gasteiger partial charge in [-0.25, -0.2) is 12.8 Å². The van der Waals surface area contributed by atoms with E-state index in [9.17, 15) is 17.6 Å². The van der Waals surface area contributed by atoms with Crippen LogP contribution < -0.4 is 10.1 Å². The number of benzene rings is 2. The first kappa shape index (κ1) is 18.3. The molecule has 1 amide bonds. The van der Waals surface area contributed by atoms with Crippen LogP contribution in [0.4, 0.5) is 10.1 Å². The molecule has 1 atom stereocenters. The van der Waals surface area contributed by atoms with Crippen molar-refractivity contribution in [1.82, 2.24) is 4.31 Å². The van der Waals surface area contributed by atoms with E-state index < -0.39 is 27.8 Å². The Hall–Kier alpha value is -2.45. The SMILES string of the molecule is COc1ccccc1NC(=O)[C@@H]1CCCN1S(=O)(=O)c1ccc(F)cc1. The third kappa shape index (κ3) is 3.56. The second kappa shape index (κ2) is 7.43. The summed E-state index contributed by atoms with van der Waals surface area (Å²) in [6, 6.07) is 10.7. The number of methoxy groups -OCH3 is 1. The highest BCUT2D eigenvalue weighted by Crippen LogP contribution is 2.29. The molecule has 0 bridgehead atoms. The van der Waals surface area contributed by atoms with Crippen LogP contribution in [0.25, 0.3) is 0 Å². The van der Waals surface area contributed by atoms with Gasteiger partial charge in [-0.3, -0.25) is 4.79 Å². The minimum Gasteiger partial charge on any atom is -0.495 e. The summed E-state index contributed by atoms with van der Waals surface area (Å²) in [5.74, 6) is -0.444. The van der Waals surface area contributed by atoms with Crippen LogP contribution in [0, 0.1) is 5.82 Å². The van der Waals surface area contributed by atoms with Gasteiger partial charge in [0.2, 0.25) is 15.9 Å². The average molecular weight is 378 g/mol. The fraction of sp³-hybridized carbons (Fsp3) is 0.278. The molecule has 0 saturated carbocycles. The summed E-state index contributed by atoms with van der Waals surface area (Å²) in [5.41, 5.74) is 0.478. The van der Waals surface area contributed by atoms with Crippen molar-refractivity contribution in [1.29, 1.82) is 0 Å². The monoisotopic (exact) mass is 378 g/mol. The second-order valence-electron chi connectivity index (χ2n) is 5.92. The molecule has 1 N–H and O–H groups in total. The zero-order valence-electron chi connectivity index (χ0n) is 14.2. The number of carbonyl (C=O) groups is 1. The van der Waals surface area contributed by atoms with Gasteiger partial charge in [-0.05, 0) is 49.2 Å². The van der Waals surface area contributed by atoms with E-state index in [-0.39, 0.29) is 11.4 Å². The number of halogens is 1. The molecule has 2 aromatic carbocycles. The lowest BCUT2D eigenvalue weighted by molar-refractivity contribution is -0.119. The molecule has 2 aromatic rings. The third-order valence-corrected chi connectivity index (χ3v) is 6.21. The normalized spacial score (nSPS) is 17.8. The van der Waals surface area contributed by atoms with E-state index in [1.807, 2.05) is 0 Å². The number of ether oxygens (including phenoxy) is 1. The topological polar surface area (TPSA) is 75.7 Å². The lowest BCUT2D eigenvalue weighted by atomic mass is 10.2. The Morgan fingerprint density at radius 3 is 2.58 bits per heavy atom. The molecule has 1 aliphatic heterocycles. The summed E-state index contributed by atoms with van der Waals surface area (Å²) in [6.07, 6.45) is 0.992. The molecule has 0 aliphatic carbocycles. The molecule has 0 spiro atoms. The van der Waals surface area contributed by atoms with Gasteiger partial charge in [0.1, 0.15) is 17.6 Å². The third-order valence-electron chi connectivity index (χ3n) is 4.29. The maximum atomic E-state index is 13.1. The number of amides is 1. The molecule has 1 fully saturated rings. The van der Waals surface area contributed by atoms with Gasteiger partial charge < -0.3 is 10.1 Å². The highest BCUT2D eigenvalue weighted by atomic mass is 32.2. The Labute approximate surface area is 151 Å². The number of nitrogens with one attached hydrogen (secondary N) is 1. The zero-order chi connectivity index (χ0) is 18.7. The Kier molecular flexibility index (Phi) is 5.24. The van der Waals surface area contributed by atoms with Crippen LogP contribution in [-0.2, 0) is 14.8 Å². The van der Waals surface area contributed by atoms with Crippen molar-refractivity contribution in [2.45, 2.75) is 23.8 Å². The summed E-state index contributed by atoms with van der Waals surface area (Å²) in [5, 5.41) is 2.74. The molecule has 8 heteroatoms. The predicted molar refractivity (Wildman–Crippen MR) is 94.9 cm³/mol. The fourth-order valence-electron chi connectivity index (χ4n) is 3.00. The molecule has 1 heterocycles. The number of sulfonamides is 1. The van der Waals surface area contributed by atoms with Gasteiger partial charge in [-0.2, -0.15) is 4.31 Å².